The largest absolute Gasteiger partial charge is 0.283 e. The van der Waals surface area contributed by atoms with Gasteiger partial charge in [0.25, 0.3) is 5.91 Å². The number of hydrogen-bond donors (Lipinski definition) is 1. The van der Waals surface area contributed by atoms with Gasteiger partial charge in [0.05, 0.1) is 5.02 Å². The summed E-state index contributed by atoms with van der Waals surface area (Å²) < 4.78 is 1.05. The highest BCUT2D eigenvalue weighted by molar-refractivity contribution is 7.21. The molecule has 1 amide bonds. The number of carbonyl (C=O) groups is 1. The number of hydrogen-bond acceptors (Lipinski definition) is 3. The van der Waals surface area contributed by atoms with Crippen molar-refractivity contribution in [3.63, 3.8) is 0 Å². The first-order valence-electron chi connectivity index (χ1n) is 9.97. The van der Waals surface area contributed by atoms with Crippen molar-refractivity contribution in [2.75, 3.05) is 0 Å². The van der Waals surface area contributed by atoms with Crippen LogP contribution in [0.4, 0.5) is 0 Å². The Morgan fingerprint density at radius 2 is 1.81 bits per heavy atom. The van der Waals surface area contributed by atoms with E-state index >= 15 is 0 Å². The maximum atomic E-state index is 12.8. The molecule has 0 saturated heterocycles. The van der Waals surface area contributed by atoms with Gasteiger partial charge in [0.1, 0.15) is 4.88 Å². The zero-order valence-electron chi connectivity index (χ0n) is 15.8. The summed E-state index contributed by atoms with van der Waals surface area (Å²) in [4.78, 5) is 13.3. The third-order valence-electron chi connectivity index (χ3n) is 7.12. The minimum Gasteiger partial charge on any atom is -0.266 e. The predicted molar refractivity (Wildman–Crippen MR) is 113 cm³/mol. The molecule has 4 aliphatic rings. The van der Waals surface area contributed by atoms with E-state index in [-0.39, 0.29) is 11.3 Å². The highest BCUT2D eigenvalue weighted by Crippen LogP contribution is 2.60. The van der Waals surface area contributed by atoms with E-state index in [1.54, 1.807) is 0 Å². The van der Waals surface area contributed by atoms with Gasteiger partial charge in [-0.2, -0.15) is 5.10 Å². The number of rotatable bonds is 3. The van der Waals surface area contributed by atoms with Crippen LogP contribution in [0.15, 0.2) is 23.3 Å². The highest BCUT2D eigenvalue weighted by atomic mass is 35.5. The van der Waals surface area contributed by atoms with Gasteiger partial charge in [-0.25, -0.2) is 5.43 Å². The number of carbonyl (C=O) groups excluding carboxylic acids is 1. The second kappa shape index (κ2) is 6.31. The molecule has 0 spiro atoms. The van der Waals surface area contributed by atoms with Crippen molar-refractivity contribution in [2.45, 2.75) is 52.4 Å². The molecule has 0 unspecified atom stereocenters. The molecule has 2 aromatic rings. The number of thiophene rings is 1. The van der Waals surface area contributed by atoms with Gasteiger partial charge in [0, 0.05) is 21.2 Å². The Hall–Kier alpha value is -1.39. The van der Waals surface area contributed by atoms with E-state index in [0.717, 1.165) is 33.6 Å². The van der Waals surface area contributed by atoms with Crippen LogP contribution in [0.1, 0.15) is 60.7 Å². The molecule has 6 rings (SSSR count). The van der Waals surface area contributed by atoms with Gasteiger partial charge in [-0.1, -0.05) is 23.7 Å². The fraction of sp³-hybridized carbons (Fsp3) is 0.545. The van der Waals surface area contributed by atoms with E-state index in [0.29, 0.717) is 9.90 Å². The van der Waals surface area contributed by atoms with Gasteiger partial charge in [0.15, 0.2) is 0 Å². The Morgan fingerprint density at radius 3 is 2.44 bits per heavy atom. The third-order valence-corrected chi connectivity index (χ3v) is 8.78. The summed E-state index contributed by atoms with van der Waals surface area (Å²) in [6.07, 6.45) is 8.01. The fourth-order valence-electron chi connectivity index (χ4n) is 6.18. The van der Waals surface area contributed by atoms with Crippen molar-refractivity contribution in [3.05, 3.63) is 33.7 Å². The smallest absolute Gasteiger partial charge is 0.266 e. The van der Waals surface area contributed by atoms with Crippen LogP contribution in [-0.2, 0) is 0 Å². The minimum atomic E-state index is -0.192. The fourth-order valence-corrected chi connectivity index (χ4v) is 7.68. The van der Waals surface area contributed by atoms with Crippen molar-refractivity contribution >= 4 is 44.6 Å². The second-order valence-electron chi connectivity index (χ2n) is 9.08. The number of hydrazone groups is 1. The Morgan fingerprint density at radius 1 is 1.19 bits per heavy atom. The summed E-state index contributed by atoms with van der Waals surface area (Å²) >= 11 is 7.92. The van der Waals surface area contributed by atoms with Crippen molar-refractivity contribution in [1.29, 1.82) is 0 Å². The van der Waals surface area contributed by atoms with Crippen LogP contribution in [0.3, 0.4) is 0 Å². The topological polar surface area (TPSA) is 41.5 Å². The molecule has 1 aromatic heterocycles. The number of nitrogens with zero attached hydrogens (tertiary/aromatic N) is 1. The van der Waals surface area contributed by atoms with Gasteiger partial charge < -0.3 is 0 Å². The van der Waals surface area contributed by atoms with Crippen LogP contribution < -0.4 is 5.43 Å². The Bertz CT molecular complexity index is 925. The zero-order chi connectivity index (χ0) is 18.8. The van der Waals surface area contributed by atoms with Gasteiger partial charge in [-0.05, 0) is 81.8 Å². The molecule has 3 nitrogen and oxygen atoms in total. The van der Waals surface area contributed by atoms with Crippen LogP contribution in [0, 0.1) is 30.1 Å². The van der Waals surface area contributed by atoms with Crippen molar-refractivity contribution in [1.82, 2.24) is 5.43 Å². The van der Waals surface area contributed by atoms with Crippen LogP contribution in [-0.4, -0.2) is 11.6 Å². The van der Waals surface area contributed by atoms with Crippen LogP contribution in [0.2, 0.25) is 5.02 Å². The number of benzene rings is 1. The summed E-state index contributed by atoms with van der Waals surface area (Å²) in [5.41, 5.74) is 5.32. The first kappa shape index (κ1) is 17.7. The molecule has 142 valence electrons. The van der Waals surface area contributed by atoms with Crippen LogP contribution >= 0.6 is 22.9 Å². The standard InChI is InChI=1S/C22H25ClN2OS/c1-12-3-4-17-18(5-12)27-20(19(17)23)21(26)25-24-13(2)22-9-14-6-15(10-22)8-16(7-14)11-22/h3-5,14-16H,6-11H2,1-2H3,(H,25,26)/b24-13-. The van der Waals surface area contributed by atoms with Gasteiger partial charge in [-0.3, -0.25) is 4.79 Å². The Kier molecular flexibility index (Phi) is 4.14. The average molecular weight is 401 g/mol. The van der Waals surface area contributed by atoms with E-state index in [2.05, 4.69) is 23.5 Å². The molecule has 27 heavy (non-hydrogen) atoms. The quantitative estimate of drug-likeness (QED) is 0.484. The van der Waals surface area contributed by atoms with E-state index < -0.39 is 0 Å². The molecule has 0 aliphatic heterocycles. The SMILES string of the molecule is C/C(=N/NC(=O)c1sc2cc(C)ccc2c1Cl)C12CC3CC(CC(C3)C1)C2. The maximum Gasteiger partial charge on any atom is 0.283 e. The Labute approximate surface area is 169 Å². The molecule has 4 aliphatic carbocycles. The summed E-state index contributed by atoms with van der Waals surface area (Å²) in [5, 5.41) is 6.07. The first-order chi connectivity index (χ1) is 12.9. The van der Waals surface area contributed by atoms with E-state index in [1.807, 2.05) is 19.1 Å². The van der Waals surface area contributed by atoms with Gasteiger partial charge >= 0.3 is 0 Å². The van der Waals surface area contributed by atoms with Crippen molar-refractivity contribution < 1.29 is 4.79 Å². The van der Waals surface area contributed by atoms with Crippen molar-refractivity contribution in [3.8, 4) is 0 Å². The summed E-state index contributed by atoms with van der Waals surface area (Å²) in [7, 11) is 0. The lowest BCUT2D eigenvalue weighted by Gasteiger charge is -2.56. The monoisotopic (exact) mass is 400 g/mol. The molecule has 1 heterocycles. The normalized spacial score (nSPS) is 32.3. The predicted octanol–water partition coefficient (Wildman–Crippen LogP) is 6.19. The summed E-state index contributed by atoms with van der Waals surface area (Å²) in [5.74, 6) is 2.43. The highest BCUT2D eigenvalue weighted by Gasteiger charge is 2.52. The molecule has 4 saturated carbocycles. The molecule has 0 radical (unpaired) electrons. The average Bonchev–Trinajstić information content (AvgIpc) is 2.94. The van der Waals surface area contributed by atoms with E-state index in [4.69, 9.17) is 11.6 Å². The van der Waals surface area contributed by atoms with E-state index in [1.165, 1.54) is 55.4 Å². The lowest BCUT2D eigenvalue weighted by molar-refractivity contribution is -0.0128. The number of fused-ring (bicyclic) bond motifs is 1. The van der Waals surface area contributed by atoms with Gasteiger partial charge in [0.2, 0.25) is 0 Å². The first-order valence-corrected chi connectivity index (χ1v) is 11.2. The van der Waals surface area contributed by atoms with Crippen molar-refractivity contribution in [2.24, 2.45) is 28.3 Å². The molecule has 5 heteroatoms. The number of nitrogens with one attached hydrogen (secondary N) is 1. The molecule has 0 atom stereocenters. The lowest BCUT2D eigenvalue weighted by atomic mass is 9.48. The maximum absolute atomic E-state index is 12.8. The number of amides is 1. The molecule has 4 bridgehead atoms. The number of aryl methyl sites for hydroxylation is 1. The minimum absolute atomic E-state index is 0.192. The third kappa shape index (κ3) is 2.92. The van der Waals surface area contributed by atoms with Crippen LogP contribution in [0.5, 0.6) is 0 Å². The molecule has 4 fully saturated rings. The molecular weight excluding hydrogens is 376 g/mol. The van der Waals surface area contributed by atoms with Gasteiger partial charge in [-0.15, -0.1) is 11.3 Å². The van der Waals surface area contributed by atoms with E-state index in [9.17, 15) is 4.79 Å². The lowest BCUT2D eigenvalue weighted by Crippen LogP contribution is -2.49. The zero-order valence-corrected chi connectivity index (χ0v) is 17.4. The summed E-state index contributed by atoms with van der Waals surface area (Å²) in [6.45, 7) is 4.16. The number of halogens is 1. The Balaban J connectivity index is 1.38. The molecular formula is C22H25ClN2OS. The summed E-state index contributed by atoms with van der Waals surface area (Å²) in [6, 6.07) is 6.09. The van der Waals surface area contributed by atoms with Crippen LogP contribution in [0.25, 0.3) is 10.1 Å². The molecule has 1 N–H and O–H groups in total. The second-order valence-corrected chi connectivity index (χ2v) is 10.5. The molecule has 1 aromatic carbocycles.